The van der Waals surface area contributed by atoms with Crippen molar-refractivity contribution >= 4 is 145 Å². The van der Waals surface area contributed by atoms with Gasteiger partial charge >= 0.3 is 11.9 Å². The maximum atomic E-state index is 15.9. The minimum atomic E-state index is -2.73. The summed E-state index contributed by atoms with van der Waals surface area (Å²) in [5.74, 6) is -13.9. The van der Waals surface area contributed by atoms with Gasteiger partial charge in [0.05, 0.1) is 125 Å². The third kappa shape index (κ3) is 21.4. The smallest absolute Gasteiger partial charge is 0.357 e. The number of ether oxygens (including phenoxy) is 6. The van der Waals surface area contributed by atoms with Crippen molar-refractivity contribution in [3.63, 3.8) is 0 Å². The van der Waals surface area contributed by atoms with Crippen LogP contribution in [0, 0.1) is 0 Å². The number of aromatic nitrogens is 4. The molecule has 3 saturated heterocycles. The predicted molar refractivity (Wildman–Crippen MR) is 479 cm³/mol. The molecule has 44 nitrogen and oxygen atoms in total. The summed E-state index contributed by atoms with van der Waals surface area (Å²) in [6, 6.07) is -11.1. The van der Waals surface area contributed by atoms with Crippen LogP contribution < -0.4 is 58.5 Å². The molecule has 4 aromatic rings. The molecule has 49 heteroatoms. The second-order valence-electron chi connectivity index (χ2n) is 32.8. The number of carbonyl (C=O) groups is 12. The molecule has 716 valence electrons. The highest BCUT2D eigenvalue weighted by Crippen LogP contribution is 2.56. The lowest BCUT2D eigenvalue weighted by Gasteiger charge is -2.53. The van der Waals surface area contributed by atoms with E-state index in [0.29, 0.717) is 11.3 Å². The number of nitrogens with zero attached hydrogens (tertiary/aromatic N) is 7. The van der Waals surface area contributed by atoms with E-state index in [2.05, 4.69) is 106 Å². The van der Waals surface area contributed by atoms with Crippen LogP contribution in [0.3, 0.4) is 0 Å². The Morgan fingerprint density at radius 2 is 1.41 bits per heavy atom. The largest absolute Gasteiger partial charge is 0.464 e. The summed E-state index contributed by atoms with van der Waals surface area (Å²) in [5.41, 5.74) is -12.6. The zero-order chi connectivity index (χ0) is 97.2. The van der Waals surface area contributed by atoms with Gasteiger partial charge in [0, 0.05) is 40.3 Å². The zero-order valence-corrected chi connectivity index (χ0v) is 77.8. The van der Waals surface area contributed by atoms with E-state index in [1.54, 1.807) is 20.1 Å². The molecule has 12 rings (SSSR count). The number of esters is 2. The summed E-state index contributed by atoms with van der Waals surface area (Å²) in [6.07, 6.45) is -12.6. The van der Waals surface area contributed by atoms with Crippen molar-refractivity contribution in [3.05, 3.63) is 156 Å². The van der Waals surface area contributed by atoms with Gasteiger partial charge in [-0.25, -0.2) is 39.4 Å². The van der Waals surface area contributed by atoms with Gasteiger partial charge in [-0.3, -0.25) is 58.3 Å². The SMILES string of the molecule is C=C1NC(=O)C(=C)NC(=O)C(C(C)OC2CC(OC3CC(O)C(O)C(C)O3)C(O)C(C)O2)NC2C=Cc3c(C(C)O)cc(nc3C2O)C(=O)OC(C)C2NC(=O)c3csc(n3)C(C(C)(O)CC)NC(=O)C3CSC(=N3)/C(=C\C)NC(=O)C(C(C)O)NC(=O)c3csc(n3)C3(CCC4C(SC)=NC(CO)(C(=O)NC(=C)C(=O)NC(=C)C(=O)OC)N4C3c3csc2n3)NC(=O)C(=C)NC1=O. The number of aliphatic hydroxyl groups is 8. The first-order chi connectivity index (χ1) is 62.8. The number of piperidine rings is 1. The van der Waals surface area contributed by atoms with Gasteiger partial charge in [-0.1, -0.05) is 58.0 Å². The van der Waals surface area contributed by atoms with Gasteiger partial charge in [-0.15, -0.1) is 57.5 Å². The van der Waals surface area contributed by atoms with Gasteiger partial charge in [-0.2, -0.15) is 0 Å². The lowest BCUT2D eigenvalue weighted by atomic mass is 9.76. The van der Waals surface area contributed by atoms with Crippen molar-refractivity contribution in [3.8, 4) is 0 Å². The summed E-state index contributed by atoms with van der Waals surface area (Å²) in [6.45, 7) is 30.1. The number of cyclic esters (lactones) is 1. The Balaban J connectivity index is 1.03. The monoisotopic (exact) mass is 1940 g/mol. The molecule has 1 aliphatic carbocycles. The number of thioether (sulfide) groups is 2. The van der Waals surface area contributed by atoms with Crippen LogP contribution in [0.1, 0.15) is 194 Å². The van der Waals surface area contributed by atoms with Crippen molar-refractivity contribution in [1.29, 1.82) is 0 Å². The fourth-order valence-electron chi connectivity index (χ4n) is 16.0. The first-order valence-electron chi connectivity index (χ1n) is 41.9. The van der Waals surface area contributed by atoms with Gasteiger partial charge in [-0.05, 0) is 92.5 Å². The summed E-state index contributed by atoms with van der Waals surface area (Å²) in [7, 11) is 1.00. The van der Waals surface area contributed by atoms with Gasteiger partial charge in [0.25, 0.3) is 41.4 Å². The third-order valence-electron chi connectivity index (χ3n) is 23.6. The van der Waals surface area contributed by atoms with Gasteiger partial charge in [0.2, 0.25) is 23.4 Å². The minimum absolute atomic E-state index is 0.00266. The van der Waals surface area contributed by atoms with Gasteiger partial charge in [0.15, 0.2) is 12.6 Å². The molecule has 24 unspecified atom stereocenters. The molecule has 13 bridgehead atoms. The molecule has 133 heavy (non-hydrogen) atoms. The van der Waals surface area contributed by atoms with Crippen LogP contribution in [-0.4, -0.2) is 282 Å². The summed E-state index contributed by atoms with van der Waals surface area (Å²) in [4.78, 5) is 208. The van der Waals surface area contributed by atoms with Crippen molar-refractivity contribution in [2.75, 3.05) is 25.7 Å². The average molecular weight is 1940 g/mol. The van der Waals surface area contributed by atoms with Crippen LogP contribution in [0.4, 0.5) is 0 Å². The molecule has 4 aromatic heterocycles. The topological polar surface area (TPSA) is 634 Å². The number of amides is 10. The fraction of sp³-hybridized carbons (Fsp3) is 0.500. The molecule has 0 aromatic carbocycles. The highest BCUT2D eigenvalue weighted by Gasteiger charge is 2.65. The van der Waals surface area contributed by atoms with Crippen LogP contribution >= 0.6 is 57.5 Å². The molecule has 24 atom stereocenters. The Kier molecular flexibility index (Phi) is 31.7. The second kappa shape index (κ2) is 41.7. The molecule has 8 aliphatic rings. The Labute approximate surface area is 781 Å². The normalized spacial score (nSPS) is 31.5. The second-order valence-corrected chi connectivity index (χ2v) is 37.3. The number of hydrogen-bond donors (Lipinski definition) is 19. The highest BCUT2D eigenvalue weighted by atomic mass is 32.2. The molecule has 11 heterocycles. The Morgan fingerprint density at radius 3 is 2.07 bits per heavy atom. The molecule has 0 spiro atoms. The average Bonchev–Trinajstić information content (AvgIpc) is 1.57. The van der Waals surface area contributed by atoms with E-state index >= 15 is 28.8 Å². The van der Waals surface area contributed by atoms with Gasteiger partial charge in [0.1, 0.15) is 103 Å². The van der Waals surface area contributed by atoms with Crippen LogP contribution in [0.5, 0.6) is 0 Å². The number of thiazole rings is 3. The van der Waals surface area contributed by atoms with Crippen molar-refractivity contribution in [1.82, 2.24) is 83.3 Å². The van der Waals surface area contributed by atoms with E-state index in [0.717, 1.165) is 53.3 Å². The fourth-order valence-corrected chi connectivity index (χ4v) is 20.8. The van der Waals surface area contributed by atoms with Crippen molar-refractivity contribution in [2.24, 2.45) is 9.98 Å². The number of allylic oxidation sites excluding steroid dienone is 1. The lowest BCUT2D eigenvalue weighted by molar-refractivity contribution is -0.310. The third-order valence-corrected chi connectivity index (χ3v) is 28.3. The van der Waals surface area contributed by atoms with Crippen LogP contribution in [0.15, 0.2) is 111 Å². The van der Waals surface area contributed by atoms with Crippen LogP contribution in [-0.2, 0) is 77.1 Å². The summed E-state index contributed by atoms with van der Waals surface area (Å²) in [5, 5.41) is 125. The highest BCUT2D eigenvalue weighted by molar-refractivity contribution is 8.14. The van der Waals surface area contributed by atoms with E-state index in [9.17, 15) is 69.6 Å². The van der Waals surface area contributed by atoms with Gasteiger partial charge < -0.3 is 122 Å². The van der Waals surface area contributed by atoms with E-state index in [-0.39, 0.29) is 90.5 Å². The Morgan fingerprint density at radius 1 is 0.767 bits per heavy atom. The number of methoxy groups -OCH3 is 1. The van der Waals surface area contributed by atoms with Crippen molar-refractivity contribution < 1.29 is 127 Å². The number of pyridine rings is 1. The maximum Gasteiger partial charge on any atom is 0.357 e. The molecule has 0 radical (unpaired) electrons. The molecular weight excluding hydrogens is 1840 g/mol. The first kappa shape index (κ1) is 101. The maximum absolute atomic E-state index is 15.9. The standard InChI is InChI=1S/C84H104N18O26S5/c1-17-44-74-94-49(27-130-74)71(116)99-63(82(14,122)18-2)77-95-48(28-132-77)69(114)98-58-39(11)127-79(120)46-23-43(36(8)104)42-19-20-45(62(109)59(42)91-46)90-57(38(10)124-55-25-53(61(108)41(13)126-55)128-54-24-52(106)60(107)40(12)125-54)73(118)87-32(4)66(111)85-31(3)65(110)86-34(6)68(113)100-83(81-96-50(29-133-81)70(115)97-56(37(9)105)72(117)92-44)22-21-51-75(129-16)101-84(30-103,102(51)64(83)47-26-131-76(58)93-47)80(121)89-33(5)67(112)88-35(7)78(119)123-15/h17,19-20,23,26,28-29,36-41,45,49,51-58,60-64,90,103-109,122H,3-7,18,21-22,24-25,27,30H2,1-2,8-16H3,(H,85,111)(H,86,110)(H,87,118)(H,88,112)(H,89,121)(H,92,117)(H,97,115)(H,98,114)(H,99,116)(H,100,113)/b44-17+. The lowest BCUT2D eigenvalue weighted by Crippen LogP contribution is -2.69. The van der Waals surface area contributed by atoms with E-state index in [1.807, 2.05) is 0 Å². The number of aliphatic hydroxyl groups excluding tert-OH is 7. The molecule has 19 N–H and O–H groups in total. The Bertz CT molecular complexity index is 5470. The number of hydrogen-bond acceptors (Lipinski definition) is 39. The quantitative estimate of drug-likeness (QED) is 0.0522. The van der Waals surface area contributed by atoms with Crippen molar-refractivity contribution in [2.45, 2.75) is 239 Å². The Hall–Kier alpha value is -10.7. The molecule has 10 amide bonds. The molecule has 0 saturated carbocycles. The number of fused-ring (bicyclic) bond motifs is 8. The van der Waals surface area contributed by atoms with E-state index in [1.165, 1.54) is 93.8 Å². The van der Waals surface area contributed by atoms with Crippen LogP contribution in [0.2, 0.25) is 0 Å². The summed E-state index contributed by atoms with van der Waals surface area (Å²) < 4.78 is 35.5. The first-order valence-corrected chi connectivity index (χ1v) is 46.7. The molecule has 3 fully saturated rings. The predicted octanol–water partition coefficient (Wildman–Crippen LogP) is -0.587. The number of nitrogens with one attached hydrogen (secondary N) is 11. The zero-order valence-electron chi connectivity index (χ0n) is 73.7. The number of aliphatic imine (C=N–C) groups is 2. The molecular formula is C84H104N18O26S5. The van der Waals surface area contributed by atoms with E-state index in [4.69, 9.17) is 43.4 Å². The van der Waals surface area contributed by atoms with Crippen LogP contribution in [0.25, 0.3) is 6.08 Å². The number of carbonyl (C=O) groups excluding carboxylic acids is 12. The number of rotatable bonds is 15. The summed E-state index contributed by atoms with van der Waals surface area (Å²) >= 11 is 4.33. The minimum Gasteiger partial charge on any atom is -0.464 e. The molecule has 7 aliphatic heterocycles. The van der Waals surface area contributed by atoms with E-state index < -0.39 is 269 Å².